The Hall–Kier alpha value is -1.89. The number of nitrogens with two attached hydrogens (primary N) is 1. The van der Waals surface area contributed by atoms with Crippen LogP contribution in [0.2, 0.25) is 0 Å². The van der Waals surface area contributed by atoms with Crippen LogP contribution >= 0.6 is 0 Å². The minimum atomic E-state index is -3.22. The van der Waals surface area contributed by atoms with Gasteiger partial charge in [0.1, 0.15) is 11.4 Å². The molecule has 118 valence electrons. The van der Waals surface area contributed by atoms with Gasteiger partial charge in [0.25, 0.3) is 5.92 Å². The molecule has 7 heteroatoms. The van der Waals surface area contributed by atoms with Gasteiger partial charge in [-0.05, 0) is 39.4 Å². The van der Waals surface area contributed by atoms with Crippen LogP contribution in [0.25, 0.3) is 0 Å². The number of phenolic OH excluding ortho intramolecular Hbond substituents is 1. The topological polar surface area (TPSA) is 84.6 Å². The van der Waals surface area contributed by atoms with E-state index in [-0.39, 0.29) is 12.2 Å². The van der Waals surface area contributed by atoms with Gasteiger partial charge in [0.15, 0.2) is 0 Å². The lowest BCUT2D eigenvalue weighted by molar-refractivity contribution is -0.0127. The molecule has 0 aliphatic carbocycles. The molecule has 0 aliphatic rings. The number of halogens is 2. The summed E-state index contributed by atoms with van der Waals surface area (Å²) < 4.78 is 32.4. The van der Waals surface area contributed by atoms with E-state index in [2.05, 4.69) is 5.32 Å². The average Bonchev–Trinajstić information content (AvgIpc) is 2.25. The molecule has 0 atom stereocenters. The number of nitrogens with one attached hydrogen (secondary N) is 1. The third-order valence-electron chi connectivity index (χ3n) is 2.50. The summed E-state index contributed by atoms with van der Waals surface area (Å²) in [4.78, 5) is 11.5. The van der Waals surface area contributed by atoms with Crippen molar-refractivity contribution in [3.63, 3.8) is 0 Å². The van der Waals surface area contributed by atoms with Crippen molar-refractivity contribution < 1.29 is 23.4 Å². The molecule has 1 aromatic carbocycles. The largest absolute Gasteiger partial charge is 0.507 e. The molecule has 0 aromatic heterocycles. The van der Waals surface area contributed by atoms with Crippen LogP contribution in [-0.4, -0.2) is 23.3 Å². The highest BCUT2D eigenvalue weighted by Crippen LogP contribution is 2.38. The minimum absolute atomic E-state index is 0.161. The first-order valence-electron chi connectivity index (χ1n) is 6.46. The first-order valence-corrected chi connectivity index (χ1v) is 6.46. The third kappa shape index (κ3) is 5.18. The van der Waals surface area contributed by atoms with E-state index in [4.69, 9.17) is 10.5 Å². The second-order valence-corrected chi connectivity index (χ2v) is 5.60. The van der Waals surface area contributed by atoms with Crippen molar-refractivity contribution in [1.82, 2.24) is 0 Å². The lowest BCUT2D eigenvalue weighted by Crippen LogP contribution is -2.27. The Balaban J connectivity index is 2.86. The van der Waals surface area contributed by atoms with Crippen LogP contribution < -0.4 is 11.1 Å². The van der Waals surface area contributed by atoms with Gasteiger partial charge >= 0.3 is 6.09 Å². The van der Waals surface area contributed by atoms with E-state index in [1.807, 2.05) is 0 Å². The molecule has 0 aliphatic heterocycles. The van der Waals surface area contributed by atoms with Crippen molar-refractivity contribution in [2.75, 3.05) is 11.9 Å². The van der Waals surface area contributed by atoms with E-state index in [1.54, 1.807) is 20.8 Å². The maximum atomic E-state index is 13.7. The Kier molecular flexibility index (Phi) is 5.11. The lowest BCUT2D eigenvalue weighted by atomic mass is 10.0. The highest BCUT2D eigenvalue weighted by Gasteiger charge is 2.33. The normalized spacial score (nSPS) is 12.1. The quantitative estimate of drug-likeness (QED) is 0.797. The fourth-order valence-electron chi connectivity index (χ4n) is 1.66. The number of carbonyl (C=O) groups excluding carboxylic acids is 1. The zero-order valence-corrected chi connectivity index (χ0v) is 12.2. The predicted octanol–water partition coefficient (Wildman–Crippen LogP) is 3.18. The number of aromatic hydroxyl groups is 1. The van der Waals surface area contributed by atoms with Gasteiger partial charge in [0, 0.05) is 18.2 Å². The predicted molar refractivity (Wildman–Crippen MR) is 75.5 cm³/mol. The summed E-state index contributed by atoms with van der Waals surface area (Å²) in [6.45, 7) is 4.88. The molecular formula is C14H20F2N2O3. The summed E-state index contributed by atoms with van der Waals surface area (Å²) in [6, 6.07) is 3.37. The first kappa shape index (κ1) is 17.2. The zero-order valence-electron chi connectivity index (χ0n) is 12.2. The van der Waals surface area contributed by atoms with Crippen molar-refractivity contribution in [2.45, 2.75) is 38.7 Å². The van der Waals surface area contributed by atoms with Gasteiger partial charge < -0.3 is 15.6 Å². The van der Waals surface area contributed by atoms with E-state index in [1.165, 1.54) is 6.07 Å². The van der Waals surface area contributed by atoms with Crippen molar-refractivity contribution in [1.29, 1.82) is 0 Å². The Labute approximate surface area is 122 Å². The first-order chi connectivity index (χ1) is 9.55. The van der Waals surface area contributed by atoms with E-state index in [0.29, 0.717) is 0 Å². The fraction of sp³-hybridized carbons (Fsp3) is 0.500. The molecule has 0 saturated carbocycles. The number of benzene rings is 1. The molecule has 21 heavy (non-hydrogen) atoms. The Bertz CT molecular complexity index is 513. The summed E-state index contributed by atoms with van der Waals surface area (Å²) in [5.41, 5.74) is 4.08. The van der Waals surface area contributed by atoms with Crippen molar-refractivity contribution in [2.24, 2.45) is 5.73 Å². The van der Waals surface area contributed by atoms with Gasteiger partial charge in [-0.25, -0.2) is 13.6 Å². The number of carbonyl (C=O) groups is 1. The van der Waals surface area contributed by atoms with Crippen LogP contribution in [0.5, 0.6) is 5.75 Å². The van der Waals surface area contributed by atoms with Crippen molar-refractivity contribution in [3.05, 3.63) is 23.8 Å². The van der Waals surface area contributed by atoms with E-state index in [9.17, 15) is 18.7 Å². The molecule has 0 radical (unpaired) electrons. The number of rotatable bonds is 4. The maximum Gasteiger partial charge on any atom is 0.412 e. The number of anilines is 1. The zero-order chi connectivity index (χ0) is 16.3. The van der Waals surface area contributed by atoms with Crippen LogP contribution in [0.15, 0.2) is 18.2 Å². The van der Waals surface area contributed by atoms with Crippen LogP contribution in [0.4, 0.5) is 19.3 Å². The van der Waals surface area contributed by atoms with Crippen molar-refractivity contribution >= 4 is 11.8 Å². The summed E-state index contributed by atoms with van der Waals surface area (Å²) in [5.74, 6) is -3.83. The minimum Gasteiger partial charge on any atom is -0.507 e. The van der Waals surface area contributed by atoms with Gasteiger partial charge in [0.05, 0.1) is 5.56 Å². The molecule has 1 aromatic rings. The Morgan fingerprint density at radius 1 is 1.38 bits per heavy atom. The molecular weight excluding hydrogens is 282 g/mol. The highest BCUT2D eigenvalue weighted by atomic mass is 19.3. The molecule has 0 fully saturated rings. The number of hydrogen-bond donors (Lipinski definition) is 3. The average molecular weight is 302 g/mol. The molecule has 0 saturated heterocycles. The van der Waals surface area contributed by atoms with E-state index >= 15 is 0 Å². The Morgan fingerprint density at radius 3 is 2.48 bits per heavy atom. The van der Waals surface area contributed by atoms with Gasteiger partial charge in [-0.1, -0.05) is 0 Å². The van der Waals surface area contributed by atoms with Crippen LogP contribution in [-0.2, 0) is 10.7 Å². The number of phenols is 1. The summed E-state index contributed by atoms with van der Waals surface area (Å²) in [6.07, 6.45) is -1.30. The van der Waals surface area contributed by atoms with Crippen LogP contribution in [0, 0.1) is 0 Å². The Morgan fingerprint density at radius 2 is 2.00 bits per heavy atom. The molecule has 0 heterocycles. The molecule has 1 amide bonds. The fourth-order valence-corrected chi connectivity index (χ4v) is 1.66. The molecule has 4 N–H and O–H groups in total. The van der Waals surface area contributed by atoms with Gasteiger partial charge in [-0.3, -0.25) is 5.32 Å². The second kappa shape index (κ2) is 6.26. The summed E-state index contributed by atoms with van der Waals surface area (Å²) in [5, 5.41) is 12.0. The number of alkyl halides is 2. The highest BCUT2D eigenvalue weighted by molar-refractivity contribution is 5.85. The SMILES string of the molecule is CC(C)(C)OC(=O)Nc1ccc(C(F)(F)CCN)c(O)c1. The molecule has 5 nitrogen and oxygen atoms in total. The second-order valence-electron chi connectivity index (χ2n) is 5.60. The molecule has 1 rings (SSSR count). The van der Waals surface area contributed by atoms with Crippen LogP contribution in [0.1, 0.15) is 32.8 Å². The molecule has 0 bridgehead atoms. The standard InChI is InChI=1S/C14H20F2N2O3/c1-13(2,3)21-12(20)18-9-4-5-10(11(19)8-9)14(15,16)6-7-17/h4-5,8,19H,6-7,17H2,1-3H3,(H,18,20). The summed E-state index contributed by atoms with van der Waals surface area (Å²) >= 11 is 0. The van der Waals surface area contributed by atoms with Gasteiger partial charge in [-0.2, -0.15) is 0 Å². The summed E-state index contributed by atoms with van der Waals surface area (Å²) in [7, 11) is 0. The smallest absolute Gasteiger partial charge is 0.412 e. The lowest BCUT2D eigenvalue weighted by Gasteiger charge is -2.20. The maximum absolute atomic E-state index is 13.7. The van der Waals surface area contributed by atoms with Gasteiger partial charge in [0.2, 0.25) is 0 Å². The van der Waals surface area contributed by atoms with E-state index in [0.717, 1.165) is 12.1 Å². The third-order valence-corrected chi connectivity index (χ3v) is 2.50. The number of hydrogen-bond acceptors (Lipinski definition) is 4. The van der Waals surface area contributed by atoms with E-state index < -0.39 is 35.4 Å². The van der Waals surface area contributed by atoms with Gasteiger partial charge in [-0.15, -0.1) is 0 Å². The monoisotopic (exact) mass is 302 g/mol. The van der Waals surface area contributed by atoms with Crippen LogP contribution in [0.3, 0.4) is 0 Å². The molecule has 0 unspecified atom stereocenters. The molecule has 0 spiro atoms. The number of ether oxygens (including phenoxy) is 1. The number of amides is 1. The van der Waals surface area contributed by atoms with Crippen molar-refractivity contribution in [3.8, 4) is 5.75 Å².